The molecule has 1 aliphatic heterocycles. The van der Waals surface area contributed by atoms with Crippen molar-refractivity contribution in [3.8, 4) is 0 Å². The number of piperidine rings is 1. The van der Waals surface area contributed by atoms with Gasteiger partial charge in [0.05, 0.1) is 5.92 Å². The van der Waals surface area contributed by atoms with Crippen LogP contribution in [0, 0.1) is 5.92 Å². The van der Waals surface area contributed by atoms with Crippen LogP contribution in [0.5, 0.6) is 0 Å². The highest BCUT2D eigenvalue weighted by atomic mass is 19.3. The Labute approximate surface area is 87.0 Å². The SMILES string of the molecule is O=C(NCC(O)C(F)F)C1CCCNC1. The fourth-order valence-corrected chi connectivity index (χ4v) is 1.51. The van der Waals surface area contributed by atoms with Crippen LogP contribution in [-0.2, 0) is 4.79 Å². The molecule has 4 nitrogen and oxygen atoms in total. The normalized spacial score (nSPS) is 23.9. The van der Waals surface area contributed by atoms with Crippen molar-refractivity contribution in [2.45, 2.75) is 25.4 Å². The van der Waals surface area contributed by atoms with Crippen molar-refractivity contribution >= 4 is 5.91 Å². The van der Waals surface area contributed by atoms with Gasteiger partial charge in [0.25, 0.3) is 6.43 Å². The molecule has 0 aromatic rings. The number of hydrogen-bond acceptors (Lipinski definition) is 3. The molecule has 2 atom stereocenters. The topological polar surface area (TPSA) is 61.4 Å². The van der Waals surface area contributed by atoms with Gasteiger partial charge in [-0.3, -0.25) is 4.79 Å². The third-order valence-electron chi connectivity index (χ3n) is 2.44. The van der Waals surface area contributed by atoms with E-state index in [2.05, 4.69) is 10.6 Å². The monoisotopic (exact) mass is 222 g/mol. The summed E-state index contributed by atoms with van der Waals surface area (Å²) in [5, 5.41) is 14.2. The van der Waals surface area contributed by atoms with Crippen molar-refractivity contribution in [2.24, 2.45) is 5.92 Å². The number of amides is 1. The third-order valence-corrected chi connectivity index (χ3v) is 2.44. The summed E-state index contributed by atoms with van der Waals surface area (Å²) >= 11 is 0. The molecule has 6 heteroatoms. The first-order valence-corrected chi connectivity index (χ1v) is 5.06. The van der Waals surface area contributed by atoms with Crippen LogP contribution in [0.4, 0.5) is 8.78 Å². The quantitative estimate of drug-likeness (QED) is 0.613. The van der Waals surface area contributed by atoms with Crippen molar-refractivity contribution in [1.82, 2.24) is 10.6 Å². The number of hydrogen-bond donors (Lipinski definition) is 3. The number of rotatable bonds is 4. The van der Waals surface area contributed by atoms with Crippen molar-refractivity contribution in [3.05, 3.63) is 0 Å². The maximum absolute atomic E-state index is 11.9. The summed E-state index contributed by atoms with van der Waals surface area (Å²) in [5.41, 5.74) is 0. The van der Waals surface area contributed by atoms with Gasteiger partial charge < -0.3 is 15.7 Å². The molecule has 1 aliphatic rings. The lowest BCUT2D eigenvalue weighted by Crippen LogP contribution is -2.43. The minimum absolute atomic E-state index is 0.163. The first kappa shape index (κ1) is 12.3. The van der Waals surface area contributed by atoms with E-state index in [1.165, 1.54) is 0 Å². The maximum atomic E-state index is 11.9. The van der Waals surface area contributed by atoms with E-state index in [9.17, 15) is 13.6 Å². The molecule has 0 aromatic heterocycles. The smallest absolute Gasteiger partial charge is 0.265 e. The zero-order chi connectivity index (χ0) is 11.3. The van der Waals surface area contributed by atoms with Crippen LogP contribution in [0.15, 0.2) is 0 Å². The fraction of sp³-hybridized carbons (Fsp3) is 0.889. The van der Waals surface area contributed by atoms with Gasteiger partial charge in [-0.15, -0.1) is 0 Å². The number of alkyl halides is 2. The number of carbonyl (C=O) groups excluding carboxylic acids is 1. The molecule has 0 aromatic carbocycles. The molecule has 15 heavy (non-hydrogen) atoms. The Bertz CT molecular complexity index is 208. The molecule has 1 amide bonds. The Kier molecular flexibility index (Phi) is 4.90. The van der Waals surface area contributed by atoms with Crippen LogP contribution >= 0.6 is 0 Å². The molecule has 0 bridgehead atoms. The Hall–Kier alpha value is -0.750. The summed E-state index contributed by atoms with van der Waals surface area (Å²) in [6, 6.07) is 0. The van der Waals surface area contributed by atoms with E-state index in [-0.39, 0.29) is 18.4 Å². The molecule has 1 fully saturated rings. The lowest BCUT2D eigenvalue weighted by molar-refractivity contribution is -0.126. The molecule has 2 unspecified atom stereocenters. The number of nitrogens with one attached hydrogen (secondary N) is 2. The van der Waals surface area contributed by atoms with Gasteiger partial charge in [0.1, 0.15) is 6.10 Å². The van der Waals surface area contributed by atoms with Gasteiger partial charge in [-0.25, -0.2) is 8.78 Å². The summed E-state index contributed by atoms with van der Waals surface area (Å²) in [4.78, 5) is 11.4. The van der Waals surface area contributed by atoms with Crippen LogP contribution in [0.1, 0.15) is 12.8 Å². The molecular weight excluding hydrogens is 206 g/mol. The Morgan fingerprint density at radius 2 is 2.33 bits per heavy atom. The number of halogens is 2. The fourth-order valence-electron chi connectivity index (χ4n) is 1.51. The van der Waals surface area contributed by atoms with E-state index in [1.807, 2.05) is 0 Å². The zero-order valence-electron chi connectivity index (χ0n) is 8.38. The number of carbonyl (C=O) groups is 1. The highest BCUT2D eigenvalue weighted by Gasteiger charge is 2.23. The molecule has 0 radical (unpaired) electrons. The Morgan fingerprint density at radius 3 is 2.87 bits per heavy atom. The minimum atomic E-state index is -2.81. The van der Waals surface area contributed by atoms with Crippen LogP contribution in [0.3, 0.4) is 0 Å². The molecule has 1 rings (SSSR count). The molecule has 1 heterocycles. The molecule has 88 valence electrons. The molecular formula is C9H16F2N2O2. The first-order valence-electron chi connectivity index (χ1n) is 5.06. The summed E-state index contributed by atoms with van der Waals surface area (Å²) in [5.74, 6) is -0.425. The Balaban J connectivity index is 2.22. The van der Waals surface area contributed by atoms with Gasteiger partial charge in [0.2, 0.25) is 5.91 Å². The van der Waals surface area contributed by atoms with E-state index >= 15 is 0 Å². The molecule has 0 saturated carbocycles. The summed E-state index contributed by atoms with van der Waals surface area (Å²) < 4.78 is 23.8. The second-order valence-electron chi connectivity index (χ2n) is 3.69. The minimum Gasteiger partial charge on any atom is -0.385 e. The van der Waals surface area contributed by atoms with Gasteiger partial charge in [-0.1, -0.05) is 0 Å². The number of aliphatic hydroxyl groups excluding tert-OH is 1. The lowest BCUT2D eigenvalue weighted by Gasteiger charge is -2.22. The van der Waals surface area contributed by atoms with Crippen molar-refractivity contribution in [3.63, 3.8) is 0 Å². The summed E-state index contributed by atoms with van der Waals surface area (Å²) in [6.45, 7) is 1.09. The highest BCUT2D eigenvalue weighted by molar-refractivity contribution is 5.78. The van der Waals surface area contributed by atoms with E-state index in [1.54, 1.807) is 0 Å². The third kappa shape index (κ3) is 4.09. The van der Waals surface area contributed by atoms with Crippen LogP contribution < -0.4 is 10.6 Å². The van der Waals surface area contributed by atoms with E-state index in [4.69, 9.17) is 5.11 Å². The van der Waals surface area contributed by atoms with E-state index < -0.39 is 12.5 Å². The van der Waals surface area contributed by atoms with Crippen molar-refractivity contribution in [1.29, 1.82) is 0 Å². The predicted molar refractivity (Wildman–Crippen MR) is 50.6 cm³/mol. The predicted octanol–water partition coefficient (Wildman–Crippen LogP) is -0.272. The van der Waals surface area contributed by atoms with E-state index in [0.717, 1.165) is 19.4 Å². The van der Waals surface area contributed by atoms with Crippen molar-refractivity contribution < 1.29 is 18.7 Å². The zero-order valence-corrected chi connectivity index (χ0v) is 8.38. The average molecular weight is 222 g/mol. The summed E-state index contributed by atoms with van der Waals surface area (Å²) in [7, 11) is 0. The number of aliphatic hydroxyl groups is 1. The highest BCUT2D eigenvalue weighted by Crippen LogP contribution is 2.09. The second-order valence-corrected chi connectivity index (χ2v) is 3.69. The first-order chi connectivity index (χ1) is 7.11. The molecule has 1 saturated heterocycles. The molecule has 0 aliphatic carbocycles. The molecule has 3 N–H and O–H groups in total. The van der Waals surface area contributed by atoms with Crippen LogP contribution in [-0.4, -0.2) is 43.2 Å². The van der Waals surface area contributed by atoms with Crippen LogP contribution in [0.2, 0.25) is 0 Å². The maximum Gasteiger partial charge on any atom is 0.265 e. The Morgan fingerprint density at radius 1 is 1.60 bits per heavy atom. The van der Waals surface area contributed by atoms with Gasteiger partial charge in [0.15, 0.2) is 0 Å². The van der Waals surface area contributed by atoms with Gasteiger partial charge >= 0.3 is 0 Å². The standard InChI is InChI=1S/C9H16F2N2O2/c10-8(11)7(14)5-13-9(15)6-2-1-3-12-4-6/h6-8,12,14H,1-5H2,(H,13,15). The van der Waals surface area contributed by atoms with Crippen molar-refractivity contribution in [2.75, 3.05) is 19.6 Å². The van der Waals surface area contributed by atoms with E-state index in [0.29, 0.717) is 6.54 Å². The van der Waals surface area contributed by atoms with Gasteiger partial charge in [-0.2, -0.15) is 0 Å². The summed E-state index contributed by atoms with van der Waals surface area (Å²) in [6.07, 6.45) is -2.90. The average Bonchev–Trinajstić information content (AvgIpc) is 2.26. The largest absolute Gasteiger partial charge is 0.385 e. The van der Waals surface area contributed by atoms with Gasteiger partial charge in [-0.05, 0) is 19.4 Å². The second kappa shape index (κ2) is 5.97. The van der Waals surface area contributed by atoms with Gasteiger partial charge in [0, 0.05) is 13.1 Å². The molecule has 0 spiro atoms. The lowest BCUT2D eigenvalue weighted by atomic mass is 9.99. The van der Waals surface area contributed by atoms with Crippen LogP contribution in [0.25, 0.3) is 0 Å².